The summed E-state index contributed by atoms with van der Waals surface area (Å²) in [7, 11) is 0. The summed E-state index contributed by atoms with van der Waals surface area (Å²) in [6, 6.07) is 8.55. The summed E-state index contributed by atoms with van der Waals surface area (Å²) in [5, 5.41) is 12.5. The second kappa shape index (κ2) is 7.90. The van der Waals surface area contributed by atoms with Crippen LogP contribution in [0.3, 0.4) is 0 Å². The Morgan fingerprint density at radius 2 is 2.00 bits per heavy atom. The molecule has 2 fully saturated rings. The predicted molar refractivity (Wildman–Crippen MR) is 106 cm³/mol. The number of aryl methyl sites for hydroxylation is 1. The van der Waals surface area contributed by atoms with Crippen LogP contribution in [-0.4, -0.2) is 58.3 Å². The van der Waals surface area contributed by atoms with E-state index in [9.17, 15) is 4.79 Å². The topological polar surface area (TPSA) is 72.3 Å². The molecule has 0 bridgehead atoms. The van der Waals surface area contributed by atoms with Crippen LogP contribution in [0.4, 0.5) is 5.95 Å². The SMILES string of the molecule is Cc1ccccc1-n1c(SC(C)C(=O)NC2CC2)nnc1N1CCOCC1. The molecule has 0 spiro atoms. The Labute approximate surface area is 163 Å². The molecule has 2 aromatic rings. The van der Waals surface area contributed by atoms with Gasteiger partial charge in [-0.25, -0.2) is 0 Å². The number of carbonyl (C=O) groups excluding carboxylic acids is 1. The summed E-state index contributed by atoms with van der Waals surface area (Å²) in [5.74, 6) is 0.875. The first-order chi connectivity index (χ1) is 13.1. The third-order valence-corrected chi connectivity index (χ3v) is 5.88. The highest BCUT2D eigenvalue weighted by atomic mass is 32.2. The van der Waals surface area contributed by atoms with E-state index in [-0.39, 0.29) is 11.2 Å². The zero-order valence-electron chi connectivity index (χ0n) is 15.7. The largest absolute Gasteiger partial charge is 0.378 e. The number of aromatic nitrogens is 3. The van der Waals surface area contributed by atoms with Gasteiger partial charge in [-0.2, -0.15) is 0 Å². The summed E-state index contributed by atoms with van der Waals surface area (Å²) in [5.41, 5.74) is 2.19. The molecule has 2 aliphatic rings. The molecule has 1 aromatic heterocycles. The number of nitrogens with zero attached hydrogens (tertiary/aromatic N) is 4. The van der Waals surface area contributed by atoms with E-state index in [4.69, 9.17) is 4.74 Å². The van der Waals surface area contributed by atoms with Gasteiger partial charge in [-0.1, -0.05) is 30.0 Å². The van der Waals surface area contributed by atoms with Crippen molar-refractivity contribution >= 4 is 23.6 Å². The standard InChI is InChI=1S/C19H25N5O2S/c1-13-5-3-4-6-16(13)24-18(23-9-11-26-12-10-23)21-22-19(24)27-14(2)17(25)20-15-7-8-15/h3-6,14-15H,7-12H2,1-2H3,(H,20,25). The Hall–Kier alpha value is -2.06. The van der Waals surface area contributed by atoms with Gasteiger partial charge in [-0.15, -0.1) is 10.2 Å². The minimum Gasteiger partial charge on any atom is -0.378 e. The summed E-state index contributed by atoms with van der Waals surface area (Å²) >= 11 is 1.46. The molecule has 27 heavy (non-hydrogen) atoms. The molecule has 4 rings (SSSR count). The van der Waals surface area contributed by atoms with Crippen LogP contribution in [-0.2, 0) is 9.53 Å². The van der Waals surface area contributed by atoms with Crippen LogP contribution in [0.15, 0.2) is 29.4 Å². The minimum absolute atomic E-state index is 0.0646. The first-order valence-corrected chi connectivity index (χ1v) is 10.3. The van der Waals surface area contributed by atoms with Crippen molar-refractivity contribution in [3.63, 3.8) is 0 Å². The highest BCUT2D eigenvalue weighted by molar-refractivity contribution is 8.00. The van der Waals surface area contributed by atoms with Gasteiger partial charge < -0.3 is 15.0 Å². The van der Waals surface area contributed by atoms with E-state index >= 15 is 0 Å². The van der Waals surface area contributed by atoms with Crippen LogP contribution in [0.1, 0.15) is 25.3 Å². The van der Waals surface area contributed by atoms with Crippen molar-refractivity contribution in [1.82, 2.24) is 20.1 Å². The summed E-state index contributed by atoms with van der Waals surface area (Å²) in [4.78, 5) is 14.6. The molecule has 144 valence electrons. The highest BCUT2D eigenvalue weighted by Gasteiger charge is 2.28. The Morgan fingerprint density at radius 1 is 1.26 bits per heavy atom. The van der Waals surface area contributed by atoms with Crippen LogP contribution in [0.2, 0.25) is 0 Å². The van der Waals surface area contributed by atoms with Crippen molar-refractivity contribution in [2.45, 2.75) is 43.1 Å². The quantitative estimate of drug-likeness (QED) is 0.766. The van der Waals surface area contributed by atoms with Gasteiger partial charge in [0.2, 0.25) is 11.9 Å². The number of morpholine rings is 1. The molecule has 7 nitrogen and oxygen atoms in total. The first-order valence-electron chi connectivity index (χ1n) is 9.44. The third kappa shape index (κ3) is 4.11. The number of para-hydroxylation sites is 1. The fraction of sp³-hybridized carbons (Fsp3) is 0.526. The number of hydrogen-bond acceptors (Lipinski definition) is 6. The molecule has 1 saturated carbocycles. The number of anilines is 1. The first kappa shape index (κ1) is 18.3. The number of amides is 1. The summed E-state index contributed by atoms with van der Waals surface area (Å²) in [6.45, 7) is 6.94. The third-order valence-electron chi connectivity index (χ3n) is 4.84. The molecular weight excluding hydrogens is 362 g/mol. The molecule has 1 amide bonds. The zero-order chi connectivity index (χ0) is 18.8. The molecule has 1 atom stereocenters. The maximum Gasteiger partial charge on any atom is 0.233 e. The Bertz CT molecular complexity index is 814. The lowest BCUT2D eigenvalue weighted by Crippen LogP contribution is -2.38. The molecule has 1 saturated heterocycles. The van der Waals surface area contributed by atoms with Gasteiger partial charge in [-0.05, 0) is 38.3 Å². The normalized spacial score (nSPS) is 18.4. The second-order valence-electron chi connectivity index (χ2n) is 7.05. The lowest BCUT2D eigenvalue weighted by molar-refractivity contribution is -0.120. The molecule has 1 aliphatic carbocycles. The number of carbonyl (C=O) groups is 1. The number of thioether (sulfide) groups is 1. The van der Waals surface area contributed by atoms with E-state index in [0.717, 1.165) is 48.3 Å². The highest BCUT2D eigenvalue weighted by Crippen LogP contribution is 2.31. The van der Waals surface area contributed by atoms with Gasteiger partial charge in [0.05, 0.1) is 24.2 Å². The molecule has 1 aromatic carbocycles. The van der Waals surface area contributed by atoms with Crippen LogP contribution < -0.4 is 10.2 Å². The van der Waals surface area contributed by atoms with Crippen molar-refractivity contribution in [3.05, 3.63) is 29.8 Å². The predicted octanol–water partition coefficient (Wildman–Crippen LogP) is 2.17. The molecule has 0 radical (unpaired) electrons. The van der Waals surface area contributed by atoms with E-state index in [1.165, 1.54) is 11.8 Å². The maximum atomic E-state index is 12.4. The second-order valence-corrected chi connectivity index (χ2v) is 8.35. The smallest absolute Gasteiger partial charge is 0.233 e. The van der Waals surface area contributed by atoms with E-state index in [1.54, 1.807) is 0 Å². The fourth-order valence-electron chi connectivity index (χ4n) is 3.09. The average molecular weight is 388 g/mol. The van der Waals surface area contributed by atoms with Gasteiger partial charge in [0.1, 0.15) is 0 Å². The molecule has 1 N–H and O–H groups in total. The molecular formula is C19H25N5O2S. The fourth-order valence-corrected chi connectivity index (χ4v) is 3.95. The average Bonchev–Trinajstić information content (AvgIpc) is 3.40. The monoisotopic (exact) mass is 387 g/mol. The maximum absolute atomic E-state index is 12.4. The van der Waals surface area contributed by atoms with E-state index in [1.807, 2.05) is 19.1 Å². The van der Waals surface area contributed by atoms with Gasteiger partial charge in [0, 0.05) is 19.1 Å². The number of nitrogens with one attached hydrogen (secondary N) is 1. The lowest BCUT2D eigenvalue weighted by Gasteiger charge is -2.28. The van der Waals surface area contributed by atoms with Crippen LogP contribution in [0.25, 0.3) is 5.69 Å². The molecule has 1 aliphatic heterocycles. The number of benzene rings is 1. The van der Waals surface area contributed by atoms with E-state index in [0.29, 0.717) is 19.3 Å². The van der Waals surface area contributed by atoms with Crippen molar-refractivity contribution in [2.75, 3.05) is 31.2 Å². The molecule has 8 heteroatoms. The van der Waals surface area contributed by atoms with Crippen LogP contribution >= 0.6 is 11.8 Å². The van der Waals surface area contributed by atoms with Crippen molar-refractivity contribution < 1.29 is 9.53 Å². The Balaban J connectivity index is 1.65. The van der Waals surface area contributed by atoms with Gasteiger partial charge in [0.15, 0.2) is 5.16 Å². The van der Waals surface area contributed by atoms with E-state index in [2.05, 4.69) is 44.0 Å². The van der Waals surface area contributed by atoms with Gasteiger partial charge in [0.25, 0.3) is 0 Å². The van der Waals surface area contributed by atoms with Crippen LogP contribution in [0, 0.1) is 6.92 Å². The van der Waals surface area contributed by atoms with E-state index < -0.39 is 0 Å². The van der Waals surface area contributed by atoms with Gasteiger partial charge in [-0.3, -0.25) is 9.36 Å². The Kier molecular flexibility index (Phi) is 5.36. The van der Waals surface area contributed by atoms with Crippen molar-refractivity contribution in [1.29, 1.82) is 0 Å². The lowest BCUT2D eigenvalue weighted by atomic mass is 10.2. The summed E-state index contributed by atoms with van der Waals surface area (Å²) in [6.07, 6.45) is 2.17. The van der Waals surface area contributed by atoms with Crippen molar-refractivity contribution in [3.8, 4) is 5.69 Å². The number of hydrogen-bond donors (Lipinski definition) is 1. The molecule has 2 heterocycles. The van der Waals surface area contributed by atoms with Crippen molar-refractivity contribution in [2.24, 2.45) is 0 Å². The zero-order valence-corrected chi connectivity index (χ0v) is 16.5. The number of ether oxygens (including phenoxy) is 1. The Morgan fingerprint density at radius 3 is 2.70 bits per heavy atom. The number of rotatable bonds is 6. The molecule has 1 unspecified atom stereocenters. The minimum atomic E-state index is -0.227. The summed E-state index contributed by atoms with van der Waals surface area (Å²) < 4.78 is 7.55. The van der Waals surface area contributed by atoms with Crippen LogP contribution in [0.5, 0.6) is 0 Å². The van der Waals surface area contributed by atoms with Gasteiger partial charge >= 0.3 is 0 Å².